The largest absolute Gasteiger partial charge is 0.507 e. The van der Waals surface area contributed by atoms with E-state index in [-0.39, 0.29) is 30.2 Å². The van der Waals surface area contributed by atoms with Crippen molar-refractivity contribution in [1.29, 1.82) is 0 Å². The number of aromatic hydroxyl groups is 1. The molecule has 0 aliphatic rings. The number of unbranched alkanes of at least 4 members (excludes halogenated alkanes) is 3. The topological polar surface area (TPSA) is 114 Å². The number of phenols is 1. The van der Waals surface area contributed by atoms with E-state index < -0.39 is 5.91 Å². The number of carbonyl (C=O) groups is 2. The fourth-order valence-electron chi connectivity index (χ4n) is 3.96. The first-order chi connectivity index (χ1) is 17.8. The van der Waals surface area contributed by atoms with Gasteiger partial charge in [0, 0.05) is 42.9 Å². The molecule has 0 saturated heterocycles. The molecule has 8 heteroatoms. The van der Waals surface area contributed by atoms with E-state index in [4.69, 9.17) is 15.2 Å². The Balaban J connectivity index is 1.63. The zero-order valence-electron chi connectivity index (χ0n) is 21.7. The molecule has 0 aromatic heterocycles. The summed E-state index contributed by atoms with van der Waals surface area (Å²) in [5.41, 5.74) is 6.84. The number of fused-ring (bicyclic) bond motifs is 1. The Labute approximate surface area is 217 Å². The van der Waals surface area contributed by atoms with Crippen LogP contribution in [0, 0.1) is 0 Å². The van der Waals surface area contributed by atoms with Crippen LogP contribution in [0.1, 0.15) is 55.8 Å². The maximum atomic E-state index is 12.8. The fraction of sp³-hybridized carbons (Fsp3) is 0.345. The highest BCUT2D eigenvalue weighted by atomic mass is 16.5. The number of aliphatic imine (C=N–C) groups is 1. The van der Waals surface area contributed by atoms with Gasteiger partial charge in [0.1, 0.15) is 5.75 Å². The first-order valence-electron chi connectivity index (χ1n) is 12.5. The molecule has 8 nitrogen and oxygen atoms in total. The van der Waals surface area contributed by atoms with E-state index >= 15 is 0 Å². The number of benzene rings is 3. The Hall–Kier alpha value is -4.07. The molecule has 3 N–H and O–H groups in total. The van der Waals surface area contributed by atoms with Crippen molar-refractivity contribution in [2.24, 2.45) is 10.7 Å². The van der Waals surface area contributed by atoms with Gasteiger partial charge in [-0.25, -0.2) is 0 Å². The lowest BCUT2D eigenvalue weighted by molar-refractivity contribution is -0.118. The maximum Gasteiger partial charge on any atom is 0.251 e. The van der Waals surface area contributed by atoms with Crippen LogP contribution in [-0.4, -0.2) is 43.9 Å². The van der Waals surface area contributed by atoms with Crippen molar-refractivity contribution in [2.45, 2.75) is 45.4 Å². The van der Waals surface area contributed by atoms with Gasteiger partial charge >= 0.3 is 0 Å². The van der Waals surface area contributed by atoms with Crippen LogP contribution in [0.4, 0.5) is 11.4 Å². The summed E-state index contributed by atoms with van der Waals surface area (Å²) in [4.78, 5) is 30.7. The van der Waals surface area contributed by atoms with Crippen LogP contribution in [0.15, 0.2) is 53.5 Å². The SMILES string of the molecule is CCCCCC=Nc1cc(OCCCC(=O)N(C)c2cc(O)c3ccccc3c2)c(OC)cc1C(N)=O. The maximum absolute atomic E-state index is 12.8. The number of nitrogens with two attached hydrogens (primary N) is 1. The standard InChI is InChI=1S/C29H35N3O5/c1-4-5-6-9-14-31-24-19-27(26(36-3)18-23(24)29(30)35)37-15-10-13-28(34)32(2)21-16-20-11-7-8-12-22(20)25(33)17-21/h7-8,11-12,14,16-19,33H,4-6,9-10,13,15H2,1-3H3,(H2,30,35). The lowest BCUT2D eigenvalue weighted by Crippen LogP contribution is -2.26. The summed E-state index contributed by atoms with van der Waals surface area (Å²) in [5, 5.41) is 11.9. The summed E-state index contributed by atoms with van der Waals surface area (Å²) in [6.07, 6.45) is 6.54. The van der Waals surface area contributed by atoms with E-state index in [0.29, 0.717) is 29.3 Å². The Kier molecular flexibility index (Phi) is 9.89. The van der Waals surface area contributed by atoms with Crippen LogP contribution >= 0.6 is 0 Å². The van der Waals surface area contributed by atoms with Gasteiger partial charge in [0.15, 0.2) is 11.5 Å². The van der Waals surface area contributed by atoms with E-state index in [0.717, 1.165) is 36.5 Å². The zero-order chi connectivity index (χ0) is 26.8. The number of rotatable bonds is 13. The number of ether oxygens (including phenoxy) is 2. The van der Waals surface area contributed by atoms with Crippen molar-refractivity contribution >= 4 is 40.2 Å². The Bertz CT molecular complexity index is 1270. The molecule has 0 atom stereocenters. The van der Waals surface area contributed by atoms with Crippen molar-refractivity contribution in [3.63, 3.8) is 0 Å². The molecule has 3 aromatic rings. The predicted molar refractivity (Wildman–Crippen MR) is 148 cm³/mol. The summed E-state index contributed by atoms with van der Waals surface area (Å²) < 4.78 is 11.3. The summed E-state index contributed by atoms with van der Waals surface area (Å²) in [6.45, 7) is 2.39. The Morgan fingerprint density at radius 3 is 2.59 bits per heavy atom. The minimum Gasteiger partial charge on any atom is -0.507 e. The molecule has 196 valence electrons. The number of carbonyl (C=O) groups excluding carboxylic acids is 2. The van der Waals surface area contributed by atoms with Gasteiger partial charge in [-0.1, -0.05) is 44.0 Å². The monoisotopic (exact) mass is 505 g/mol. The van der Waals surface area contributed by atoms with E-state index in [1.54, 1.807) is 25.4 Å². The molecule has 3 aromatic carbocycles. The number of nitrogens with zero attached hydrogens (tertiary/aromatic N) is 2. The van der Waals surface area contributed by atoms with E-state index in [1.165, 1.54) is 18.1 Å². The first kappa shape index (κ1) is 27.5. The molecule has 0 aliphatic heterocycles. The molecule has 2 amide bonds. The summed E-state index contributed by atoms with van der Waals surface area (Å²) in [7, 11) is 3.17. The fourth-order valence-corrected chi connectivity index (χ4v) is 3.96. The molecule has 3 rings (SSSR count). The van der Waals surface area contributed by atoms with Crippen molar-refractivity contribution in [3.8, 4) is 17.2 Å². The molecule has 0 saturated carbocycles. The molecule has 0 aliphatic carbocycles. The van der Waals surface area contributed by atoms with Gasteiger partial charge in [-0.05, 0) is 36.8 Å². The quantitative estimate of drug-likeness (QED) is 0.226. The van der Waals surface area contributed by atoms with Crippen LogP contribution < -0.4 is 20.1 Å². The lowest BCUT2D eigenvalue weighted by atomic mass is 10.1. The molecule has 0 unspecified atom stereocenters. The van der Waals surface area contributed by atoms with Crippen molar-refractivity contribution in [2.75, 3.05) is 25.7 Å². The van der Waals surface area contributed by atoms with Crippen molar-refractivity contribution < 1.29 is 24.2 Å². The molecule has 0 bridgehead atoms. The Morgan fingerprint density at radius 1 is 1.08 bits per heavy atom. The number of hydrogen-bond acceptors (Lipinski definition) is 6. The molecule has 37 heavy (non-hydrogen) atoms. The van der Waals surface area contributed by atoms with Crippen LogP contribution in [0.3, 0.4) is 0 Å². The van der Waals surface area contributed by atoms with Gasteiger partial charge in [-0.15, -0.1) is 0 Å². The van der Waals surface area contributed by atoms with Gasteiger partial charge in [-0.2, -0.15) is 0 Å². The van der Waals surface area contributed by atoms with Crippen molar-refractivity contribution in [1.82, 2.24) is 0 Å². The third-order valence-corrected chi connectivity index (χ3v) is 6.09. The van der Waals surface area contributed by atoms with Gasteiger partial charge in [-0.3, -0.25) is 14.6 Å². The zero-order valence-corrected chi connectivity index (χ0v) is 21.7. The van der Waals surface area contributed by atoms with Crippen LogP contribution in [0.25, 0.3) is 10.8 Å². The number of phenolic OH excluding ortho intramolecular Hbond substituents is 1. The average Bonchev–Trinajstić information content (AvgIpc) is 2.90. The van der Waals surface area contributed by atoms with Gasteiger partial charge in [0.25, 0.3) is 5.91 Å². The third-order valence-electron chi connectivity index (χ3n) is 6.09. The average molecular weight is 506 g/mol. The molecule has 0 spiro atoms. The highest BCUT2D eigenvalue weighted by molar-refractivity contribution is 5.99. The molecule has 0 fully saturated rings. The highest BCUT2D eigenvalue weighted by Crippen LogP contribution is 2.35. The predicted octanol–water partition coefficient (Wildman–Crippen LogP) is 5.76. The smallest absolute Gasteiger partial charge is 0.251 e. The minimum absolute atomic E-state index is 0.105. The summed E-state index contributed by atoms with van der Waals surface area (Å²) in [6, 6.07) is 14.1. The molecule has 0 radical (unpaired) electrons. The van der Waals surface area contributed by atoms with Gasteiger partial charge in [0.05, 0.1) is 25.0 Å². The van der Waals surface area contributed by atoms with E-state index in [9.17, 15) is 14.7 Å². The second-order valence-electron chi connectivity index (χ2n) is 8.78. The number of amides is 2. The molecular weight excluding hydrogens is 470 g/mol. The van der Waals surface area contributed by atoms with Crippen molar-refractivity contribution in [3.05, 3.63) is 54.1 Å². The summed E-state index contributed by atoms with van der Waals surface area (Å²) in [5.74, 6) is 0.222. The van der Waals surface area contributed by atoms with Crippen LogP contribution in [0.5, 0.6) is 17.2 Å². The Morgan fingerprint density at radius 2 is 1.86 bits per heavy atom. The number of hydrogen-bond donors (Lipinski definition) is 2. The first-order valence-corrected chi connectivity index (χ1v) is 12.5. The summed E-state index contributed by atoms with van der Waals surface area (Å²) >= 11 is 0. The highest BCUT2D eigenvalue weighted by Gasteiger charge is 2.16. The normalized spacial score (nSPS) is 11.1. The van der Waals surface area contributed by atoms with Crippen LogP contribution in [-0.2, 0) is 4.79 Å². The number of methoxy groups -OCH3 is 1. The molecular formula is C29H35N3O5. The second-order valence-corrected chi connectivity index (χ2v) is 8.78. The third kappa shape index (κ3) is 7.22. The van der Waals surface area contributed by atoms with E-state index in [1.807, 2.05) is 30.3 Å². The van der Waals surface area contributed by atoms with Crippen LogP contribution in [0.2, 0.25) is 0 Å². The number of primary amides is 1. The lowest BCUT2D eigenvalue weighted by Gasteiger charge is -2.19. The van der Waals surface area contributed by atoms with E-state index in [2.05, 4.69) is 11.9 Å². The second kappa shape index (κ2) is 13.3. The van der Waals surface area contributed by atoms with Gasteiger partial charge in [0.2, 0.25) is 5.91 Å². The number of anilines is 1. The molecule has 0 heterocycles. The van der Waals surface area contributed by atoms with Gasteiger partial charge < -0.3 is 25.2 Å². The minimum atomic E-state index is -0.598.